The molecule has 118 valence electrons. The van der Waals surface area contributed by atoms with E-state index in [1.807, 2.05) is 13.8 Å². The van der Waals surface area contributed by atoms with Crippen LogP contribution in [0.1, 0.15) is 12.5 Å². The fourth-order valence-corrected chi connectivity index (χ4v) is 1.70. The van der Waals surface area contributed by atoms with E-state index in [1.54, 1.807) is 24.3 Å². The van der Waals surface area contributed by atoms with Crippen molar-refractivity contribution in [3.05, 3.63) is 47.0 Å². The van der Waals surface area contributed by atoms with Gasteiger partial charge >= 0.3 is 5.97 Å². The zero-order valence-electron chi connectivity index (χ0n) is 12.7. The van der Waals surface area contributed by atoms with Gasteiger partial charge in [0.1, 0.15) is 5.75 Å². The van der Waals surface area contributed by atoms with Crippen molar-refractivity contribution >= 4 is 29.2 Å². The zero-order valence-corrected chi connectivity index (χ0v) is 13.4. The molecule has 22 heavy (non-hydrogen) atoms. The number of allylic oxidation sites excluding steroid dienone is 3. The first-order chi connectivity index (χ1) is 10.5. The van der Waals surface area contributed by atoms with Gasteiger partial charge in [0.05, 0.1) is 12.8 Å². The summed E-state index contributed by atoms with van der Waals surface area (Å²) in [5.41, 5.74) is 1.26. The third-order valence-electron chi connectivity index (χ3n) is 2.64. The lowest BCUT2D eigenvalue weighted by Crippen LogP contribution is -2.20. The molecule has 0 saturated carbocycles. The molecule has 0 saturated heterocycles. The number of carbonyl (C=O) groups excluding carboxylic acids is 2. The summed E-state index contributed by atoms with van der Waals surface area (Å²) in [7, 11) is 1.47. The Balaban J connectivity index is 2.62. The molecule has 0 heterocycles. The fourth-order valence-electron chi connectivity index (χ4n) is 1.55. The number of halogens is 1. The molecule has 0 radical (unpaired) electrons. The number of esters is 1. The predicted molar refractivity (Wildman–Crippen MR) is 86.3 cm³/mol. The Morgan fingerprint density at radius 1 is 1.32 bits per heavy atom. The van der Waals surface area contributed by atoms with Gasteiger partial charge in [0, 0.05) is 17.2 Å². The Labute approximate surface area is 134 Å². The number of anilines is 1. The van der Waals surface area contributed by atoms with E-state index in [9.17, 15) is 9.59 Å². The minimum Gasteiger partial charge on any atom is -0.495 e. The van der Waals surface area contributed by atoms with Crippen LogP contribution in [0.2, 0.25) is 5.02 Å². The smallest absolute Gasteiger partial charge is 0.331 e. The molecule has 1 rings (SSSR count). The quantitative estimate of drug-likeness (QED) is 0.496. The first-order valence-electron chi connectivity index (χ1n) is 6.58. The van der Waals surface area contributed by atoms with Gasteiger partial charge < -0.3 is 14.8 Å². The summed E-state index contributed by atoms with van der Waals surface area (Å²) in [4.78, 5) is 23.1. The Morgan fingerprint density at radius 2 is 2.05 bits per heavy atom. The summed E-state index contributed by atoms with van der Waals surface area (Å²) in [5, 5.41) is 3.15. The van der Waals surface area contributed by atoms with Crippen molar-refractivity contribution in [2.45, 2.75) is 13.8 Å². The molecule has 0 aromatic heterocycles. The maximum Gasteiger partial charge on any atom is 0.331 e. The van der Waals surface area contributed by atoms with Gasteiger partial charge in [-0.15, -0.1) is 0 Å². The molecule has 6 heteroatoms. The Bertz CT molecular complexity index is 608. The summed E-state index contributed by atoms with van der Waals surface area (Å²) >= 11 is 5.99. The average Bonchev–Trinajstić information content (AvgIpc) is 2.49. The number of ether oxygens (including phenoxy) is 2. The third kappa shape index (κ3) is 5.61. The SMILES string of the molecule is C/C=C/C=C/C(=O)OCC(=O)Nc1cc(C)c(Cl)cc1OC. The molecule has 0 aliphatic rings. The summed E-state index contributed by atoms with van der Waals surface area (Å²) < 4.78 is 9.96. The Kier molecular flexibility index (Phi) is 7.19. The minimum absolute atomic E-state index is 0.385. The number of carbonyl (C=O) groups is 2. The van der Waals surface area contributed by atoms with Gasteiger partial charge in [-0.05, 0) is 25.5 Å². The van der Waals surface area contributed by atoms with E-state index in [0.717, 1.165) is 5.56 Å². The molecule has 0 unspecified atom stereocenters. The van der Waals surface area contributed by atoms with Crippen LogP contribution in [0.15, 0.2) is 36.4 Å². The standard InChI is InChI=1S/C16H18ClNO4/c1-4-5-6-7-16(20)22-10-15(19)18-13-8-11(2)12(17)9-14(13)21-3/h4-9H,10H2,1-3H3,(H,18,19)/b5-4+,7-6+. The fraction of sp³-hybridized carbons (Fsp3) is 0.250. The van der Waals surface area contributed by atoms with Crippen molar-refractivity contribution < 1.29 is 19.1 Å². The third-order valence-corrected chi connectivity index (χ3v) is 3.04. The molecule has 0 spiro atoms. The van der Waals surface area contributed by atoms with Crippen LogP contribution in [-0.2, 0) is 14.3 Å². The maximum atomic E-state index is 11.8. The van der Waals surface area contributed by atoms with Crippen LogP contribution in [-0.4, -0.2) is 25.6 Å². The topological polar surface area (TPSA) is 64.6 Å². The van der Waals surface area contributed by atoms with Gasteiger partial charge in [-0.25, -0.2) is 4.79 Å². The lowest BCUT2D eigenvalue weighted by atomic mass is 10.2. The van der Waals surface area contributed by atoms with Crippen molar-refractivity contribution in [1.82, 2.24) is 0 Å². The van der Waals surface area contributed by atoms with Crippen LogP contribution in [0.4, 0.5) is 5.69 Å². The number of benzene rings is 1. The molecule has 0 atom stereocenters. The number of amides is 1. The van der Waals surface area contributed by atoms with Crippen LogP contribution >= 0.6 is 11.6 Å². The molecule has 0 bridgehead atoms. The van der Waals surface area contributed by atoms with Crippen LogP contribution in [0.25, 0.3) is 0 Å². The van der Waals surface area contributed by atoms with Gasteiger partial charge in [0.25, 0.3) is 5.91 Å². The molecular formula is C16H18ClNO4. The monoisotopic (exact) mass is 323 g/mol. The van der Waals surface area contributed by atoms with Crippen LogP contribution in [0.5, 0.6) is 5.75 Å². The second-order valence-corrected chi connectivity index (χ2v) is 4.75. The second kappa shape index (κ2) is 8.89. The highest BCUT2D eigenvalue weighted by Crippen LogP contribution is 2.30. The lowest BCUT2D eigenvalue weighted by Gasteiger charge is -2.12. The van der Waals surface area contributed by atoms with E-state index in [1.165, 1.54) is 19.3 Å². The van der Waals surface area contributed by atoms with Crippen molar-refractivity contribution in [2.24, 2.45) is 0 Å². The Hall–Kier alpha value is -2.27. The molecule has 1 amide bonds. The summed E-state index contributed by atoms with van der Waals surface area (Å²) in [6.07, 6.45) is 6.22. The van der Waals surface area contributed by atoms with E-state index in [-0.39, 0.29) is 6.61 Å². The van der Waals surface area contributed by atoms with Crippen molar-refractivity contribution in [3.8, 4) is 5.75 Å². The van der Waals surface area contributed by atoms with E-state index in [0.29, 0.717) is 16.5 Å². The van der Waals surface area contributed by atoms with Crippen LogP contribution in [0, 0.1) is 6.92 Å². The molecule has 0 fully saturated rings. The molecule has 0 aliphatic heterocycles. The number of nitrogens with one attached hydrogen (secondary N) is 1. The lowest BCUT2D eigenvalue weighted by molar-refractivity contribution is -0.142. The van der Waals surface area contributed by atoms with Crippen LogP contribution < -0.4 is 10.1 Å². The van der Waals surface area contributed by atoms with Crippen molar-refractivity contribution in [1.29, 1.82) is 0 Å². The number of methoxy groups -OCH3 is 1. The maximum absolute atomic E-state index is 11.8. The zero-order chi connectivity index (χ0) is 16.5. The highest BCUT2D eigenvalue weighted by atomic mass is 35.5. The minimum atomic E-state index is -0.590. The van der Waals surface area contributed by atoms with E-state index >= 15 is 0 Å². The normalized spacial score (nSPS) is 10.9. The van der Waals surface area contributed by atoms with Gasteiger partial charge in [-0.3, -0.25) is 4.79 Å². The number of rotatable bonds is 6. The molecular weight excluding hydrogens is 306 g/mol. The predicted octanol–water partition coefficient (Wildman–Crippen LogP) is 3.27. The molecule has 1 N–H and O–H groups in total. The first kappa shape index (κ1) is 17.8. The summed E-state index contributed by atoms with van der Waals surface area (Å²) in [6.45, 7) is 3.25. The molecule has 1 aromatic rings. The molecule has 5 nitrogen and oxygen atoms in total. The van der Waals surface area contributed by atoms with Crippen LogP contribution in [0.3, 0.4) is 0 Å². The van der Waals surface area contributed by atoms with Gasteiger partial charge in [0.2, 0.25) is 0 Å². The van der Waals surface area contributed by atoms with Gasteiger partial charge in [-0.2, -0.15) is 0 Å². The van der Waals surface area contributed by atoms with Gasteiger partial charge in [0.15, 0.2) is 6.61 Å². The Morgan fingerprint density at radius 3 is 2.68 bits per heavy atom. The highest BCUT2D eigenvalue weighted by molar-refractivity contribution is 6.31. The summed E-state index contributed by atoms with van der Waals surface area (Å²) in [6, 6.07) is 3.30. The summed E-state index contributed by atoms with van der Waals surface area (Å²) in [5.74, 6) is -0.622. The number of hydrogen-bond acceptors (Lipinski definition) is 4. The van der Waals surface area contributed by atoms with Crippen molar-refractivity contribution in [3.63, 3.8) is 0 Å². The van der Waals surface area contributed by atoms with E-state index < -0.39 is 11.9 Å². The number of aryl methyl sites for hydroxylation is 1. The van der Waals surface area contributed by atoms with E-state index in [2.05, 4.69) is 5.32 Å². The van der Waals surface area contributed by atoms with Crippen molar-refractivity contribution in [2.75, 3.05) is 19.0 Å². The molecule has 1 aromatic carbocycles. The largest absolute Gasteiger partial charge is 0.495 e. The molecule has 0 aliphatic carbocycles. The number of hydrogen-bond donors (Lipinski definition) is 1. The highest BCUT2D eigenvalue weighted by Gasteiger charge is 2.11. The van der Waals surface area contributed by atoms with E-state index in [4.69, 9.17) is 21.1 Å². The van der Waals surface area contributed by atoms with Gasteiger partial charge in [-0.1, -0.05) is 29.8 Å². The average molecular weight is 324 g/mol. The second-order valence-electron chi connectivity index (χ2n) is 4.34. The first-order valence-corrected chi connectivity index (χ1v) is 6.95.